The fourth-order valence-electron chi connectivity index (χ4n) is 2.88. The number of carbonyl (C=O) groups excluding carboxylic acids is 2. The van der Waals surface area contributed by atoms with Crippen molar-refractivity contribution in [3.8, 4) is 17.2 Å². The summed E-state index contributed by atoms with van der Waals surface area (Å²) in [4.78, 5) is 25.9. The number of ketones is 1. The Morgan fingerprint density at radius 1 is 1.00 bits per heavy atom. The van der Waals surface area contributed by atoms with Crippen molar-refractivity contribution < 1.29 is 23.8 Å². The number of ether oxygens (including phenoxy) is 3. The summed E-state index contributed by atoms with van der Waals surface area (Å²) in [6.07, 6.45) is 1.43. The predicted octanol–water partition coefficient (Wildman–Crippen LogP) is 2.15. The fraction of sp³-hybridized carbons (Fsp3) is 0.529. The lowest BCUT2D eigenvalue weighted by Crippen LogP contribution is -2.39. The Balaban J connectivity index is 2.21. The van der Waals surface area contributed by atoms with Gasteiger partial charge in [0.05, 0.1) is 21.3 Å². The van der Waals surface area contributed by atoms with Gasteiger partial charge in [-0.05, 0) is 31.9 Å². The second-order valence-electron chi connectivity index (χ2n) is 5.59. The largest absolute Gasteiger partial charge is 0.493 e. The SMILES string of the molecule is COc1cc(C(=O)N2CCC(C(C)=O)CC2)cc(OC)c1OC. The second kappa shape index (κ2) is 7.35. The molecule has 0 spiro atoms. The van der Waals surface area contributed by atoms with Crippen LogP contribution in [0.5, 0.6) is 17.2 Å². The van der Waals surface area contributed by atoms with E-state index in [0.717, 1.165) is 0 Å². The first-order chi connectivity index (χ1) is 11.0. The molecule has 1 fully saturated rings. The second-order valence-corrected chi connectivity index (χ2v) is 5.59. The number of hydrogen-bond donors (Lipinski definition) is 0. The molecule has 0 saturated carbocycles. The average Bonchev–Trinajstić information content (AvgIpc) is 2.59. The summed E-state index contributed by atoms with van der Waals surface area (Å²) >= 11 is 0. The van der Waals surface area contributed by atoms with Gasteiger partial charge in [0.2, 0.25) is 5.75 Å². The summed E-state index contributed by atoms with van der Waals surface area (Å²) in [5.74, 6) is 1.54. The number of piperidine rings is 1. The molecule has 0 atom stereocenters. The van der Waals surface area contributed by atoms with Gasteiger partial charge in [0.15, 0.2) is 11.5 Å². The smallest absolute Gasteiger partial charge is 0.254 e. The average molecular weight is 321 g/mol. The van der Waals surface area contributed by atoms with Crippen molar-refractivity contribution in [2.75, 3.05) is 34.4 Å². The number of amides is 1. The molecule has 23 heavy (non-hydrogen) atoms. The molecule has 1 heterocycles. The topological polar surface area (TPSA) is 65.1 Å². The van der Waals surface area contributed by atoms with Crippen LogP contribution in [-0.2, 0) is 4.79 Å². The molecule has 0 radical (unpaired) electrons. The van der Waals surface area contributed by atoms with Gasteiger partial charge in [-0.2, -0.15) is 0 Å². The zero-order valence-electron chi connectivity index (χ0n) is 14.0. The van der Waals surface area contributed by atoms with Crippen molar-refractivity contribution in [3.63, 3.8) is 0 Å². The monoisotopic (exact) mass is 321 g/mol. The van der Waals surface area contributed by atoms with E-state index in [2.05, 4.69) is 0 Å². The summed E-state index contributed by atoms with van der Waals surface area (Å²) in [6.45, 7) is 2.78. The summed E-state index contributed by atoms with van der Waals surface area (Å²) in [6, 6.07) is 3.31. The number of carbonyl (C=O) groups is 2. The maximum Gasteiger partial charge on any atom is 0.254 e. The number of benzene rings is 1. The van der Waals surface area contributed by atoms with E-state index >= 15 is 0 Å². The van der Waals surface area contributed by atoms with E-state index < -0.39 is 0 Å². The molecule has 0 unspecified atom stereocenters. The Hall–Kier alpha value is -2.24. The van der Waals surface area contributed by atoms with Gasteiger partial charge in [-0.1, -0.05) is 0 Å². The highest BCUT2D eigenvalue weighted by Crippen LogP contribution is 2.38. The van der Waals surface area contributed by atoms with Gasteiger partial charge >= 0.3 is 0 Å². The first-order valence-electron chi connectivity index (χ1n) is 7.61. The van der Waals surface area contributed by atoms with Crippen LogP contribution >= 0.6 is 0 Å². The predicted molar refractivity (Wildman–Crippen MR) is 85.4 cm³/mol. The molecular formula is C17H23NO5. The lowest BCUT2D eigenvalue weighted by Gasteiger charge is -2.31. The van der Waals surface area contributed by atoms with Crippen LogP contribution in [0.25, 0.3) is 0 Å². The molecule has 1 amide bonds. The van der Waals surface area contributed by atoms with Crippen molar-refractivity contribution in [1.82, 2.24) is 4.90 Å². The molecule has 0 aromatic heterocycles. The minimum Gasteiger partial charge on any atom is -0.493 e. The van der Waals surface area contributed by atoms with Crippen LogP contribution in [0.4, 0.5) is 0 Å². The van der Waals surface area contributed by atoms with Crippen LogP contribution in [0, 0.1) is 5.92 Å². The standard InChI is InChI=1S/C17H23NO5/c1-11(19)12-5-7-18(8-6-12)17(20)13-9-14(21-2)16(23-4)15(10-13)22-3/h9-10,12H,5-8H2,1-4H3. The third-order valence-corrected chi connectivity index (χ3v) is 4.27. The van der Waals surface area contributed by atoms with Gasteiger partial charge in [-0.25, -0.2) is 0 Å². The third kappa shape index (κ3) is 3.57. The minimum atomic E-state index is -0.0914. The van der Waals surface area contributed by atoms with Gasteiger partial charge < -0.3 is 19.1 Å². The quantitative estimate of drug-likeness (QED) is 0.831. The molecule has 1 aromatic carbocycles. The molecule has 1 aliphatic heterocycles. The van der Waals surface area contributed by atoms with Crippen molar-refractivity contribution in [2.45, 2.75) is 19.8 Å². The lowest BCUT2D eigenvalue weighted by atomic mass is 9.93. The Morgan fingerprint density at radius 3 is 1.91 bits per heavy atom. The van der Waals surface area contributed by atoms with E-state index in [0.29, 0.717) is 48.7 Å². The van der Waals surface area contributed by atoms with E-state index in [1.54, 1.807) is 24.0 Å². The van der Waals surface area contributed by atoms with Gasteiger partial charge in [0.1, 0.15) is 5.78 Å². The highest BCUT2D eigenvalue weighted by Gasteiger charge is 2.27. The number of methoxy groups -OCH3 is 3. The van der Waals surface area contributed by atoms with Crippen molar-refractivity contribution >= 4 is 11.7 Å². The van der Waals surface area contributed by atoms with E-state index in [9.17, 15) is 9.59 Å². The van der Waals surface area contributed by atoms with Crippen molar-refractivity contribution in [1.29, 1.82) is 0 Å². The molecule has 2 rings (SSSR count). The molecule has 6 nitrogen and oxygen atoms in total. The summed E-state index contributed by atoms with van der Waals surface area (Å²) in [5, 5.41) is 0. The van der Waals surface area contributed by atoms with Gasteiger partial charge in [0, 0.05) is 24.6 Å². The molecule has 1 saturated heterocycles. The number of likely N-dealkylation sites (tertiary alicyclic amines) is 1. The molecule has 6 heteroatoms. The highest BCUT2D eigenvalue weighted by molar-refractivity contribution is 5.96. The summed E-state index contributed by atoms with van der Waals surface area (Å²) < 4.78 is 15.8. The molecule has 0 aliphatic carbocycles. The first kappa shape index (κ1) is 17.1. The zero-order chi connectivity index (χ0) is 17.0. The molecule has 126 valence electrons. The van der Waals surface area contributed by atoms with Gasteiger partial charge in [0.25, 0.3) is 5.91 Å². The lowest BCUT2D eigenvalue weighted by molar-refractivity contribution is -0.121. The van der Waals surface area contributed by atoms with Gasteiger partial charge in [-0.15, -0.1) is 0 Å². The fourth-order valence-corrected chi connectivity index (χ4v) is 2.88. The number of hydrogen-bond acceptors (Lipinski definition) is 5. The van der Waals surface area contributed by atoms with Crippen LogP contribution in [-0.4, -0.2) is 51.0 Å². The number of rotatable bonds is 5. The maximum absolute atomic E-state index is 12.7. The van der Waals surface area contributed by atoms with Crippen LogP contribution < -0.4 is 14.2 Å². The maximum atomic E-state index is 12.7. The molecular weight excluding hydrogens is 298 g/mol. The molecule has 1 aliphatic rings. The van der Waals surface area contributed by atoms with Crippen molar-refractivity contribution in [2.24, 2.45) is 5.92 Å². The molecule has 0 bridgehead atoms. The molecule has 1 aromatic rings. The normalized spacial score (nSPS) is 15.2. The van der Waals surface area contributed by atoms with Crippen LogP contribution in [0.2, 0.25) is 0 Å². The minimum absolute atomic E-state index is 0.0685. The van der Waals surface area contributed by atoms with E-state index in [4.69, 9.17) is 14.2 Å². The van der Waals surface area contributed by atoms with Crippen LogP contribution in [0.15, 0.2) is 12.1 Å². The third-order valence-electron chi connectivity index (χ3n) is 4.27. The molecule has 0 N–H and O–H groups in total. The van der Waals surface area contributed by atoms with E-state index in [-0.39, 0.29) is 17.6 Å². The van der Waals surface area contributed by atoms with E-state index in [1.165, 1.54) is 21.3 Å². The van der Waals surface area contributed by atoms with Crippen LogP contribution in [0.1, 0.15) is 30.1 Å². The van der Waals surface area contributed by atoms with Gasteiger partial charge in [-0.3, -0.25) is 9.59 Å². The first-order valence-corrected chi connectivity index (χ1v) is 7.61. The summed E-state index contributed by atoms with van der Waals surface area (Å²) in [7, 11) is 4.56. The highest BCUT2D eigenvalue weighted by atomic mass is 16.5. The summed E-state index contributed by atoms with van der Waals surface area (Å²) in [5.41, 5.74) is 0.487. The Kier molecular flexibility index (Phi) is 5.47. The van der Waals surface area contributed by atoms with Crippen molar-refractivity contribution in [3.05, 3.63) is 17.7 Å². The zero-order valence-corrected chi connectivity index (χ0v) is 14.0. The Morgan fingerprint density at radius 2 is 1.52 bits per heavy atom. The van der Waals surface area contributed by atoms with E-state index in [1.807, 2.05) is 0 Å². The Labute approximate surface area is 136 Å². The number of nitrogens with zero attached hydrogens (tertiary/aromatic N) is 1. The number of Topliss-reactive ketones (excluding diaryl/α,β-unsaturated/α-hetero) is 1. The Bertz CT molecular complexity index is 566. The van der Waals surface area contributed by atoms with Crippen LogP contribution in [0.3, 0.4) is 0 Å².